The lowest BCUT2D eigenvalue weighted by atomic mass is 10.2. The Balaban J connectivity index is 2.36. The van der Waals surface area contributed by atoms with Crippen LogP contribution in [0.2, 0.25) is 10.0 Å². The van der Waals surface area contributed by atoms with Gasteiger partial charge in [0.05, 0.1) is 21.3 Å². The van der Waals surface area contributed by atoms with Crippen molar-refractivity contribution in [3.63, 3.8) is 0 Å². The Hall–Kier alpha value is -1.83. The van der Waals surface area contributed by atoms with E-state index in [1.807, 2.05) is 0 Å². The number of hydrogen-bond donors (Lipinski definition) is 1. The molecule has 0 aliphatic rings. The van der Waals surface area contributed by atoms with E-state index in [-0.39, 0.29) is 11.3 Å². The summed E-state index contributed by atoms with van der Waals surface area (Å²) in [5.41, 5.74) is 0.0180. The second kappa shape index (κ2) is 5.43. The second-order valence-corrected chi connectivity index (χ2v) is 4.47. The van der Waals surface area contributed by atoms with Crippen LogP contribution >= 0.6 is 23.2 Å². The van der Waals surface area contributed by atoms with Crippen LogP contribution in [-0.4, -0.2) is 0 Å². The molecule has 0 spiro atoms. The first-order valence-corrected chi connectivity index (χ1v) is 5.88. The van der Waals surface area contributed by atoms with Crippen molar-refractivity contribution in [3.05, 3.63) is 57.6 Å². The van der Waals surface area contributed by atoms with Gasteiger partial charge in [0, 0.05) is 5.69 Å². The standard InChI is InChI=1S/C13H6Cl2F2N2/c14-9-3-2-8(5-10(9)15)19-11-4-1-7(6-18)12(16)13(11)17/h1-5,19H. The molecule has 2 nitrogen and oxygen atoms in total. The average Bonchev–Trinajstić information content (AvgIpc) is 2.40. The lowest BCUT2D eigenvalue weighted by Crippen LogP contribution is -1.98. The molecular formula is C13H6Cl2F2N2. The minimum absolute atomic E-state index is 0.0881. The maximum atomic E-state index is 13.7. The van der Waals surface area contributed by atoms with Crippen LogP contribution in [0.1, 0.15) is 5.56 Å². The number of anilines is 2. The number of nitriles is 1. The molecule has 0 aliphatic carbocycles. The van der Waals surface area contributed by atoms with Gasteiger partial charge in [0.2, 0.25) is 0 Å². The van der Waals surface area contributed by atoms with Crippen LogP contribution in [0.25, 0.3) is 0 Å². The molecule has 0 fully saturated rings. The second-order valence-electron chi connectivity index (χ2n) is 3.65. The zero-order chi connectivity index (χ0) is 14.0. The van der Waals surface area contributed by atoms with Gasteiger partial charge in [-0.25, -0.2) is 8.78 Å². The Bertz CT molecular complexity index is 681. The molecular weight excluding hydrogens is 293 g/mol. The third-order valence-corrected chi connectivity index (χ3v) is 3.14. The lowest BCUT2D eigenvalue weighted by molar-refractivity contribution is 0.509. The van der Waals surface area contributed by atoms with Crippen LogP contribution in [0.4, 0.5) is 20.2 Å². The first kappa shape index (κ1) is 13.6. The zero-order valence-electron chi connectivity index (χ0n) is 9.35. The van der Waals surface area contributed by atoms with Crippen LogP contribution < -0.4 is 5.32 Å². The first-order chi connectivity index (χ1) is 9.02. The van der Waals surface area contributed by atoms with Crippen LogP contribution in [0.15, 0.2) is 30.3 Å². The minimum atomic E-state index is -1.19. The third kappa shape index (κ3) is 2.78. The van der Waals surface area contributed by atoms with E-state index in [0.717, 1.165) is 0 Å². The van der Waals surface area contributed by atoms with E-state index >= 15 is 0 Å². The fraction of sp³-hybridized carbons (Fsp3) is 0. The van der Waals surface area contributed by atoms with Gasteiger partial charge in [0.1, 0.15) is 6.07 Å². The molecule has 2 aromatic carbocycles. The van der Waals surface area contributed by atoms with Crippen molar-refractivity contribution in [1.82, 2.24) is 0 Å². The Kier molecular flexibility index (Phi) is 3.89. The lowest BCUT2D eigenvalue weighted by Gasteiger charge is -2.09. The van der Waals surface area contributed by atoms with Crippen LogP contribution in [0, 0.1) is 23.0 Å². The van der Waals surface area contributed by atoms with E-state index < -0.39 is 11.6 Å². The highest BCUT2D eigenvalue weighted by atomic mass is 35.5. The van der Waals surface area contributed by atoms with Gasteiger partial charge < -0.3 is 5.32 Å². The molecule has 0 saturated heterocycles. The number of nitrogens with one attached hydrogen (secondary N) is 1. The van der Waals surface area contributed by atoms with Crippen LogP contribution in [-0.2, 0) is 0 Å². The molecule has 6 heteroatoms. The fourth-order valence-electron chi connectivity index (χ4n) is 1.46. The summed E-state index contributed by atoms with van der Waals surface area (Å²) in [4.78, 5) is 0. The highest BCUT2D eigenvalue weighted by Crippen LogP contribution is 2.28. The summed E-state index contributed by atoms with van der Waals surface area (Å²) >= 11 is 11.6. The van der Waals surface area contributed by atoms with Gasteiger partial charge in [-0.15, -0.1) is 0 Å². The average molecular weight is 299 g/mol. The molecule has 2 aromatic rings. The van der Waals surface area contributed by atoms with E-state index in [2.05, 4.69) is 5.32 Å². The summed E-state index contributed by atoms with van der Waals surface area (Å²) in [5.74, 6) is -2.31. The molecule has 1 N–H and O–H groups in total. The number of rotatable bonds is 2. The maximum absolute atomic E-state index is 13.7. The van der Waals surface area contributed by atoms with Crippen molar-refractivity contribution in [2.24, 2.45) is 0 Å². The molecule has 96 valence electrons. The van der Waals surface area contributed by atoms with E-state index in [9.17, 15) is 8.78 Å². The molecule has 0 heterocycles. The van der Waals surface area contributed by atoms with Gasteiger partial charge >= 0.3 is 0 Å². The van der Waals surface area contributed by atoms with Crippen molar-refractivity contribution in [2.45, 2.75) is 0 Å². The Morgan fingerprint density at radius 2 is 1.74 bits per heavy atom. The number of nitrogens with zero attached hydrogens (tertiary/aromatic N) is 1. The SMILES string of the molecule is N#Cc1ccc(Nc2ccc(Cl)c(Cl)c2)c(F)c1F. The van der Waals surface area contributed by atoms with Crippen molar-refractivity contribution < 1.29 is 8.78 Å². The molecule has 0 aliphatic heterocycles. The first-order valence-electron chi connectivity index (χ1n) is 5.13. The monoisotopic (exact) mass is 298 g/mol. The maximum Gasteiger partial charge on any atom is 0.183 e. The fourth-order valence-corrected chi connectivity index (χ4v) is 1.76. The molecule has 0 saturated carbocycles. The number of benzene rings is 2. The molecule has 0 radical (unpaired) electrons. The van der Waals surface area contributed by atoms with E-state index in [1.54, 1.807) is 12.1 Å². The Morgan fingerprint density at radius 1 is 1.00 bits per heavy atom. The quantitative estimate of drug-likeness (QED) is 0.857. The van der Waals surface area contributed by atoms with Crippen molar-refractivity contribution in [2.75, 3.05) is 5.32 Å². The number of hydrogen-bond acceptors (Lipinski definition) is 2. The van der Waals surface area contributed by atoms with E-state index in [4.69, 9.17) is 28.5 Å². The van der Waals surface area contributed by atoms with E-state index in [0.29, 0.717) is 15.7 Å². The summed E-state index contributed by atoms with van der Waals surface area (Å²) in [5, 5.41) is 11.9. The number of halogens is 4. The predicted molar refractivity (Wildman–Crippen MR) is 70.8 cm³/mol. The molecule has 0 amide bonds. The van der Waals surface area contributed by atoms with Crippen molar-refractivity contribution in [3.8, 4) is 6.07 Å². The highest BCUT2D eigenvalue weighted by molar-refractivity contribution is 6.42. The normalized spacial score (nSPS) is 10.1. The van der Waals surface area contributed by atoms with Crippen LogP contribution in [0.5, 0.6) is 0 Å². The summed E-state index contributed by atoms with van der Waals surface area (Å²) in [6.07, 6.45) is 0. The molecule has 0 atom stereocenters. The highest BCUT2D eigenvalue weighted by Gasteiger charge is 2.13. The summed E-state index contributed by atoms with van der Waals surface area (Å²) in [6, 6.07) is 8.62. The van der Waals surface area contributed by atoms with Gasteiger partial charge in [-0.1, -0.05) is 23.2 Å². The summed E-state index contributed by atoms with van der Waals surface area (Å²) in [6.45, 7) is 0. The molecule has 19 heavy (non-hydrogen) atoms. The summed E-state index contributed by atoms with van der Waals surface area (Å²) < 4.78 is 27.1. The van der Waals surface area contributed by atoms with Crippen LogP contribution in [0.3, 0.4) is 0 Å². The summed E-state index contributed by atoms with van der Waals surface area (Å²) in [7, 11) is 0. The zero-order valence-corrected chi connectivity index (χ0v) is 10.9. The topological polar surface area (TPSA) is 35.8 Å². The third-order valence-electron chi connectivity index (χ3n) is 2.40. The smallest absolute Gasteiger partial charge is 0.183 e. The van der Waals surface area contributed by atoms with Gasteiger partial charge in [-0.2, -0.15) is 5.26 Å². The molecule has 0 aromatic heterocycles. The molecule has 0 unspecified atom stereocenters. The van der Waals surface area contributed by atoms with Crippen molar-refractivity contribution in [1.29, 1.82) is 5.26 Å². The van der Waals surface area contributed by atoms with Gasteiger partial charge in [0.25, 0.3) is 0 Å². The molecule has 0 bridgehead atoms. The van der Waals surface area contributed by atoms with Gasteiger partial charge in [-0.05, 0) is 30.3 Å². The van der Waals surface area contributed by atoms with Gasteiger partial charge in [0.15, 0.2) is 11.6 Å². The molecule has 2 rings (SSSR count). The minimum Gasteiger partial charge on any atom is -0.353 e. The van der Waals surface area contributed by atoms with Crippen molar-refractivity contribution >= 4 is 34.6 Å². The predicted octanol–water partition coefficient (Wildman–Crippen LogP) is 4.89. The Labute approximate surface area is 118 Å². The largest absolute Gasteiger partial charge is 0.353 e. The Morgan fingerprint density at radius 3 is 2.37 bits per heavy atom. The van der Waals surface area contributed by atoms with Gasteiger partial charge in [-0.3, -0.25) is 0 Å². The van der Waals surface area contributed by atoms with E-state index in [1.165, 1.54) is 24.3 Å².